The number of nitrogens with zero attached hydrogens (tertiary/aromatic N) is 2. The van der Waals surface area contributed by atoms with E-state index in [1.165, 1.54) is 43.2 Å². The quantitative estimate of drug-likeness (QED) is 0.202. The average molecular weight is 568 g/mol. The zero-order valence-electron chi connectivity index (χ0n) is 17.7. The molecule has 0 aliphatic rings. The number of hydrogen-bond donors (Lipinski definition) is 0. The fourth-order valence-corrected chi connectivity index (χ4v) is 3.67. The van der Waals surface area contributed by atoms with Gasteiger partial charge in [-0.3, -0.25) is 4.98 Å². The van der Waals surface area contributed by atoms with Crippen molar-refractivity contribution >= 4 is 0 Å². The Kier molecular flexibility index (Phi) is 9.63. The van der Waals surface area contributed by atoms with Crippen LogP contribution in [0.1, 0.15) is 56.6 Å². The van der Waals surface area contributed by atoms with Gasteiger partial charge in [0.1, 0.15) is 5.75 Å². The van der Waals surface area contributed by atoms with Gasteiger partial charge < -0.3 is 9.30 Å². The van der Waals surface area contributed by atoms with Gasteiger partial charge in [0.05, 0.1) is 12.4 Å². The van der Waals surface area contributed by atoms with Crippen LogP contribution in [0.25, 0.3) is 17.1 Å². The third kappa shape index (κ3) is 6.29. The largest absolute Gasteiger partial charge is 0.494 e. The molecule has 0 atom stereocenters. The third-order valence-corrected chi connectivity index (χ3v) is 5.06. The van der Waals surface area contributed by atoms with E-state index < -0.39 is 0 Å². The van der Waals surface area contributed by atoms with Crippen molar-refractivity contribution in [2.24, 2.45) is 0 Å². The van der Waals surface area contributed by atoms with Gasteiger partial charge in [-0.2, -0.15) is 0 Å². The average Bonchev–Trinajstić information content (AvgIpc) is 3.17. The van der Waals surface area contributed by atoms with Gasteiger partial charge in [-0.15, -0.1) is 35.9 Å². The van der Waals surface area contributed by atoms with E-state index >= 15 is 0 Å². The first kappa shape index (κ1) is 23.4. The Morgan fingerprint density at radius 1 is 1.00 bits per heavy atom. The molecule has 0 amide bonds. The zero-order chi connectivity index (χ0) is 19.8. The summed E-state index contributed by atoms with van der Waals surface area (Å²) in [4.78, 5) is 4.56. The fraction of sp³-hybridized carbons (Fsp3) is 0.400. The van der Waals surface area contributed by atoms with Gasteiger partial charge >= 0.3 is 0 Å². The summed E-state index contributed by atoms with van der Waals surface area (Å²) in [5.41, 5.74) is 4.53. The van der Waals surface area contributed by atoms with Gasteiger partial charge in [0, 0.05) is 38.2 Å². The van der Waals surface area contributed by atoms with Gasteiger partial charge in [-0.25, -0.2) is 0 Å². The number of unbranched alkanes of at least 4 members (excludes halogenated alkanes) is 5. The minimum absolute atomic E-state index is 0. The number of aryl methyl sites for hydroxylation is 2. The molecular weight excluding hydrogens is 537 g/mol. The zero-order valence-corrected chi connectivity index (χ0v) is 20.1. The molecule has 0 saturated heterocycles. The van der Waals surface area contributed by atoms with E-state index in [0.29, 0.717) is 0 Å². The van der Waals surface area contributed by atoms with E-state index in [1.54, 1.807) is 0 Å². The van der Waals surface area contributed by atoms with Crippen LogP contribution in [0.2, 0.25) is 0 Å². The molecule has 0 aliphatic heterocycles. The first-order valence-corrected chi connectivity index (χ1v) is 10.5. The van der Waals surface area contributed by atoms with Crippen LogP contribution < -0.4 is 4.74 Å². The number of benzene rings is 2. The Labute approximate surface area is 188 Å². The molecule has 29 heavy (non-hydrogen) atoms. The molecule has 0 N–H and O–H groups in total. The van der Waals surface area contributed by atoms with Gasteiger partial charge in [-0.1, -0.05) is 39.0 Å². The van der Waals surface area contributed by atoms with Gasteiger partial charge in [0.25, 0.3) is 0 Å². The maximum atomic E-state index is 6.03. The molecule has 0 aliphatic carbocycles. The molecule has 0 saturated carbocycles. The van der Waals surface area contributed by atoms with Crippen LogP contribution in [-0.4, -0.2) is 16.2 Å². The molecule has 1 heterocycles. The summed E-state index contributed by atoms with van der Waals surface area (Å²) in [5.74, 6) is 1.87. The smallest absolute Gasteiger partial charge is 0.119 e. The van der Waals surface area contributed by atoms with E-state index in [-0.39, 0.29) is 20.1 Å². The van der Waals surface area contributed by atoms with Gasteiger partial charge in [-0.05, 0) is 43.5 Å². The first-order valence-electron chi connectivity index (χ1n) is 10.5. The molecule has 4 heteroatoms. The maximum Gasteiger partial charge on any atom is 0.119 e. The molecule has 3 nitrogen and oxygen atoms in total. The molecule has 0 unspecified atom stereocenters. The van der Waals surface area contributed by atoms with Crippen molar-refractivity contribution in [1.29, 1.82) is 0 Å². The van der Waals surface area contributed by atoms with E-state index in [2.05, 4.69) is 48.5 Å². The summed E-state index contributed by atoms with van der Waals surface area (Å²) in [6, 6.07) is 15.5. The fourth-order valence-electron chi connectivity index (χ4n) is 3.67. The minimum Gasteiger partial charge on any atom is -0.494 e. The van der Waals surface area contributed by atoms with E-state index in [4.69, 9.17) is 4.74 Å². The summed E-state index contributed by atoms with van der Waals surface area (Å²) < 4.78 is 8.18. The third-order valence-electron chi connectivity index (χ3n) is 5.06. The standard InChI is InChI=1S/C25H31N2O.Ir/c1-4-5-6-7-8-12-17-28-23-18-20(2)24(21(3)19-23)27-16-15-26-25(27)22-13-10-9-11-14-22;/h9-11,13,15-16,18-19H,4-8,12,17H2,1-3H3;/q-1;. The normalized spacial score (nSPS) is 10.6. The molecule has 1 aromatic heterocycles. The summed E-state index contributed by atoms with van der Waals surface area (Å²) in [5, 5.41) is 0. The Morgan fingerprint density at radius 2 is 1.72 bits per heavy atom. The van der Waals surface area contributed by atoms with Gasteiger partial charge in [0.2, 0.25) is 0 Å². The number of ether oxygens (including phenoxy) is 1. The van der Waals surface area contributed by atoms with Gasteiger partial charge in [0.15, 0.2) is 0 Å². The van der Waals surface area contributed by atoms with Crippen molar-refractivity contribution in [3.63, 3.8) is 0 Å². The minimum atomic E-state index is 0. The van der Waals surface area contributed by atoms with Crippen LogP contribution in [0.15, 0.2) is 48.8 Å². The molecule has 3 aromatic rings. The van der Waals surface area contributed by atoms with Crippen molar-refractivity contribution < 1.29 is 24.8 Å². The second-order valence-electron chi connectivity index (χ2n) is 7.42. The Morgan fingerprint density at radius 3 is 2.41 bits per heavy atom. The number of rotatable bonds is 10. The second-order valence-corrected chi connectivity index (χ2v) is 7.42. The maximum absolute atomic E-state index is 6.03. The van der Waals surface area contributed by atoms with Crippen LogP contribution in [0.5, 0.6) is 5.75 Å². The number of imidazole rings is 1. The molecule has 0 spiro atoms. The van der Waals surface area contributed by atoms with Crippen molar-refractivity contribution in [2.45, 2.75) is 59.3 Å². The topological polar surface area (TPSA) is 27.1 Å². The predicted molar refractivity (Wildman–Crippen MR) is 116 cm³/mol. The summed E-state index contributed by atoms with van der Waals surface area (Å²) >= 11 is 0. The summed E-state index contributed by atoms with van der Waals surface area (Å²) in [7, 11) is 0. The first-order chi connectivity index (χ1) is 13.7. The SMILES string of the molecule is CCCCCCCCOc1cc(C)c(-n2ccnc2-c2[c-]cccc2)c(C)c1.[Ir]. The summed E-state index contributed by atoms with van der Waals surface area (Å²) in [6.45, 7) is 7.32. The van der Waals surface area contributed by atoms with Crippen LogP contribution in [0.4, 0.5) is 0 Å². The second kappa shape index (κ2) is 11.9. The van der Waals surface area contributed by atoms with Crippen LogP contribution in [0.3, 0.4) is 0 Å². The van der Waals surface area contributed by atoms with Crippen molar-refractivity contribution in [1.82, 2.24) is 9.55 Å². The molecule has 157 valence electrons. The number of aromatic nitrogens is 2. The molecule has 2 aromatic carbocycles. The van der Waals surface area contributed by atoms with Crippen molar-refractivity contribution in [3.05, 3.63) is 66.0 Å². The Balaban J connectivity index is 0.00000300. The molecule has 1 radical (unpaired) electrons. The van der Waals surface area contributed by atoms with Crippen molar-refractivity contribution in [2.75, 3.05) is 6.61 Å². The van der Waals surface area contributed by atoms with Crippen LogP contribution in [-0.2, 0) is 20.1 Å². The summed E-state index contributed by atoms with van der Waals surface area (Å²) in [6.07, 6.45) is 11.5. The number of hydrogen-bond acceptors (Lipinski definition) is 2. The molecule has 0 fully saturated rings. The Hall–Kier alpha value is -1.90. The predicted octanol–water partition coefficient (Wildman–Crippen LogP) is 6.69. The molecule has 3 rings (SSSR count). The van der Waals surface area contributed by atoms with E-state index in [0.717, 1.165) is 35.9 Å². The monoisotopic (exact) mass is 568 g/mol. The van der Waals surface area contributed by atoms with Crippen LogP contribution in [0, 0.1) is 19.9 Å². The van der Waals surface area contributed by atoms with Crippen LogP contribution >= 0.6 is 0 Å². The van der Waals surface area contributed by atoms with E-state index in [9.17, 15) is 0 Å². The molecule has 0 bridgehead atoms. The van der Waals surface area contributed by atoms with E-state index in [1.807, 2.05) is 36.7 Å². The Bertz CT molecular complexity index is 851. The van der Waals surface area contributed by atoms with Crippen molar-refractivity contribution in [3.8, 4) is 22.8 Å². The molecular formula is C25H31IrN2O-.